The summed E-state index contributed by atoms with van der Waals surface area (Å²) in [6, 6.07) is 9.36. The van der Waals surface area contributed by atoms with Crippen LogP contribution in [0.3, 0.4) is 0 Å². The van der Waals surface area contributed by atoms with Crippen molar-refractivity contribution in [3.05, 3.63) is 69.3 Å². The number of carbonyl (C=O) groups excluding carboxylic acids is 1. The highest BCUT2D eigenvalue weighted by molar-refractivity contribution is 9.10. The third-order valence-electron chi connectivity index (χ3n) is 6.27. The van der Waals surface area contributed by atoms with Crippen molar-refractivity contribution in [3.8, 4) is 16.9 Å². The van der Waals surface area contributed by atoms with Gasteiger partial charge in [-0.05, 0) is 35.7 Å². The molecule has 0 atom stereocenters. The number of halogens is 3. The Bertz CT molecular complexity index is 1150. The first-order valence-corrected chi connectivity index (χ1v) is 11.2. The molecule has 2 aromatic carbocycles. The fraction of sp³-hybridized carbons (Fsp3) is 0.333. The number of carbonyl (C=O) groups is 1. The number of fused-ring (bicyclic) bond motifs is 3. The number of hydrogen-bond donors (Lipinski definition) is 0. The number of rotatable bonds is 4. The number of Topliss-reactive ketones (excluding diaryl/α,β-unsaturated/α-hetero) is 1. The molecule has 1 aromatic heterocycles. The molecule has 3 aromatic rings. The van der Waals surface area contributed by atoms with E-state index in [4.69, 9.17) is 0 Å². The molecule has 0 radical (unpaired) electrons. The van der Waals surface area contributed by atoms with E-state index in [-0.39, 0.29) is 11.5 Å². The Morgan fingerprint density at radius 1 is 1.10 bits per heavy atom. The summed E-state index contributed by atoms with van der Waals surface area (Å²) in [5.41, 5.74) is 4.15. The summed E-state index contributed by atoms with van der Waals surface area (Å²) in [4.78, 5) is 13.2. The van der Waals surface area contributed by atoms with Gasteiger partial charge in [0.2, 0.25) is 0 Å². The van der Waals surface area contributed by atoms with E-state index in [1.807, 2.05) is 18.2 Å². The van der Waals surface area contributed by atoms with Crippen LogP contribution in [0.15, 0.2) is 40.9 Å². The molecule has 1 saturated carbocycles. The molecule has 2 aliphatic carbocycles. The van der Waals surface area contributed by atoms with Gasteiger partial charge in [-0.25, -0.2) is 13.5 Å². The number of ketones is 1. The van der Waals surface area contributed by atoms with Crippen LogP contribution in [-0.2, 0) is 6.42 Å². The first kappa shape index (κ1) is 19.6. The molecule has 0 bridgehead atoms. The van der Waals surface area contributed by atoms with Crippen LogP contribution < -0.4 is 0 Å². The van der Waals surface area contributed by atoms with Gasteiger partial charge in [-0.15, -0.1) is 0 Å². The summed E-state index contributed by atoms with van der Waals surface area (Å²) < 4.78 is 30.6. The fourth-order valence-corrected chi connectivity index (χ4v) is 5.23. The first-order valence-electron chi connectivity index (χ1n) is 10.4. The molecular weight excluding hydrogens is 450 g/mol. The zero-order valence-corrected chi connectivity index (χ0v) is 18.0. The van der Waals surface area contributed by atoms with Crippen LogP contribution in [0, 0.1) is 17.6 Å². The van der Waals surface area contributed by atoms with Gasteiger partial charge in [0.25, 0.3) is 0 Å². The van der Waals surface area contributed by atoms with Crippen LogP contribution in [0.4, 0.5) is 8.78 Å². The van der Waals surface area contributed by atoms with Crippen LogP contribution in [0.25, 0.3) is 16.9 Å². The topological polar surface area (TPSA) is 34.9 Å². The van der Waals surface area contributed by atoms with Crippen LogP contribution in [0.5, 0.6) is 0 Å². The van der Waals surface area contributed by atoms with Crippen molar-refractivity contribution in [2.75, 3.05) is 0 Å². The van der Waals surface area contributed by atoms with Crippen LogP contribution in [-0.4, -0.2) is 15.6 Å². The molecule has 3 nitrogen and oxygen atoms in total. The van der Waals surface area contributed by atoms with E-state index in [1.165, 1.54) is 36.1 Å². The fourth-order valence-electron chi connectivity index (χ4n) is 4.83. The van der Waals surface area contributed by atoms with Gasteiger partial charge in [0.15, 0.2) is 11.6 Å². The predicted octanol–water partition coefficient (Wildman–Crippen LogP) is 6.64. The summed E-state index contributed by atoms with van der Waals surface area (Å²) in [5.74, 6) is -0.922. The summed E-state index contributed by atoms with van der Waals surface area (Å²) in [6.45, 7) is 0. The standard InChI is InChI=1S/C24H21BrF2N2O/c25-16-6-8-18-15(11-16)12-19-23(22(30)10-14-4-2-1-3-5-14)28-29(24(18)19)21-9-7-17(26)13-20(21)27/h6-9,11,13-14H,1-5,10,12H2. The summed E-state index contributed by atoms with van der Waals surface area (Å²) in [6.07, 6.45) is 6.80. The third-order valence-corrected chi connectivity index (χ3v) is 6.77. The second-order valence-corrected chi connectivity index (χ2v) is 9.21. The summed E-state index contributed by atoms with van der Waals surface area (Å²) in [7, 11) is 0. The summed E-state index contributed by atoms with van der Waals surface area (Å²) >= 11 is 3.50. The maximum Gasteiger partial charge on any atom is 0.183 e. The predicted molar refractivity (Wildman–Crippen MR) is 115 cm³/mol. The second-order valence-electron chi connectivity index (χ2n) is 8.29. The molecule has 1 fully saturated rings. The molecule has 0 amide bonds. The Kier molecular flexibility index (Phi) is 5.05. The van der Waals surface area contributed by atoms with Crippen LogP contribution in [0.2, 0.25) is 0 Å². The maximum atomic E-state index is 14.6. The monoisotopic (exact) mass is 470 g/mol. The van der Waals surface area contributed by atoms with Gasteiger partial charge in [0.05, 0.1) is 5.69 Å². The molecule has 0 spiro atoms. The second kappa shape index (κ2) is 7.73. The normalized spacial score (nSPS) is 15.8. The van der Waals surface area contributed by atoms with Crippen molar-refractivity contribution in [1.82, 2.24) is 9.78 Å². The highest BCUT2D eigenvalue weighted by Gasteiger charge is 2.32. The van der Waals surface area contributed by atoms with E-state index in [2.05, 4.69) is 21.0 Å². The number of hydrogen-bond acceptors (Lipinski definition) is 2. The maximum absolute atomic E-state index is 14.6. The van der Waals surface area contributed by atoms with Gasteiger partial charge in [0, 0.05) is 34.5 Å². The van der Waals surface area contributed by atoms with Crippen molar-refractivity contribution in [3.63, 3.8) is 0 Å². The zero-order chi connectivity index (χ0) is 20.8. The highest BCUT2D eigenvalue weighted by atomic mass is 79.9. The molecule has 0 unspecified atom stereocenters. The van der Waals surface area contributed by atoms with E-state index >= 15 is 0 Å². The van der Waals surface area contributed by atoms with E-state index in [0.29, 0.717) is 24.5 Å². The molecule has 0 aliphatic heterocycles. The van der Waals surface area contributed by atoms with Gasteiger partial charge >= 0.3 is 0 Å². The van der Waals surface area contributed by atoms with Crippen LogP contribution >= 0.6 is 15.9 Å². The van der Waals surface area contributed by atoms with Gasteiger partial charge in [-0.2, -0.15) is 5.10 Å². The molecule has 1 heterocycles. The Hall–Kier alpha value is -2.34. The lowest BCUT2D eigenvalue weighted by Crippen LogP contribution is -2.14. The SMILES string of the molecule is O=C(CC1CCCCC1)c1nn(-c2ccc(F)cc2F)c2c1Cc1cc(Br)ccc1-2. The van der Waals surface area contributed by atoms with E-state index in [1.54, 1.807) is 0 Å². The minimum Gasteiger partial charge on any atom is -0.292 e. The molecular formula is C24H21BrF2N2O. The van der Waals surface area contributed by atoms with Crippen LogP contribution in [0.1, 0.15) is 60.1 Å². The number of benzene rings is 2. The van der Waals surface area contributed by atoms with Crippen molar-refractivity contribution in [2.45, 2.75) is 44.9 Å². The molecule has 0 saturated heterocycles. The van der Waals surface area contributed by atoms with Gasteiger partial charge in [-0.3, -0.25) is 4.79 Å². The Morgan fingerprint density at radius 3 is 2.67 bits per heavy atom. The van der Waals surface area contributed by atoms with Crippen molar-refractivity contribution in [2.24, 2.45) is 5.92 Å². The van der Waals surface area contributed by atoms with E-state index in [9.17, 15) is 13.6 Å². The smallest absolute Gasteiger partial charge is 0.183 e. The van der Waals surface area contributed by atoms with Gasteiger partial charge in [-0.1, -0.05) is 54.1 Å². The van der Waals surface area contributed by atoms with Crippen molar-refractivity contribution in [1.29, 1.82) is 0 Å². The molecule has 5 rings (SSSR count). The molecule has 6 heteroatoms. The number of aromatic nitrogens is 2. The third kappa shape index (κ3) is 3.41. The Balaban J connectivity index is 1.61. The van der Waals surface area contributed by atoms with Gasteiger partial charge in [0.1, 0.15) is 17.2 Å². The Morgan fingerprint density at radius 2 is 1.90 bits per heavy atom. The van der Waals surface area contributed by atoms with Gasteiger partial charge < -0.3 is 0 Å². The van der Waals surface area contributed by atoms with E-state index < -0.39 is 11.6 Å². The average molecular weight is 471 g/mol. The average Bonchev–Trinajstić information content (AvgIpc) is 3.25. The molecule has 0 N–H and O–H groups in total. The molecule has 2 aliphatic rings. The summed E-state index contributed by atoms with van der Waals surface area (Å²) in [5, 5.41) is 4.57. The first-order chi connectivity index (χ1) is 14.5. The Labute approximate surface area is 182 Å². The molecule has 30 heavy (non-hydrogen) atoms. The minimum atomic E-state index is -0.697. The molecule has 154 valence electrons. The quantitative estimate of drug-likeness (QED) is 0.313. The highest BCUT2D eigenvalue weighted by Crippen LogP contribution is 2.42. The largest absolute Gasteiger partial charge is 0.292 e. The minimum absolute atomic E-state index is 0.0197. The van der Waals surface area contributed by atoms with Crippen molar-refractivity contribution >= 4 is 21.7 Å². The van der Waals surface area contributed by atoms with E-state index in [0.717, 1.165) is 45.8 Å². The number of nitrogens with zero attached hydrogens (tertiary/aromatic N) is 2. The lowest BCUT2D eigenvalue weighted by Gasteiger charge is -2.20. The van der Waals surface area contributed by atoms with Crippen molar-refractivity contribution < 1.29 is 13.6 Å². The lowest BCUT2D eigenvalue weighted by molar-refractivity contribution is 0.0944. The zero-order valence-electron chi connectivity index (χ0n) is 16.4. The lowest BCUT2D eigenvalue weighted by atomic mass is 9.85.